The third kappa shape index (κ3) is 3.59. The maximum Gasteiger partial charge on any atom is 0.0317 e. The lowest BCUT2D eigenvalue weighted by molar-refractivity contribution is 0.685. The Kier molecular flexibility index (Phi) is 4.91. The number of fused-ring (bicyclic) bond motifs is 2. The highest BCUT2D eigenvalue weighted by Crippen LogP contribution is 2.43. The van der Waals surface area contributed by atoms with E-state index in [1.54, 1.807) is 16.7 Å². The SMILES string of the molecule is CC1=CCC(C2=C(c3ccc4c(c3)CCCC4)CCCc3cc(N)ccc32)C=C1. The summed E-state index contributed by atoms with van der Waals surface area (Å²) in [6.45, 7) is 2.20. The van der Waals surface area contributed by atoms with Gasteiger partial charge in [-0.1, -0.05) is 48.1 Å². The lowest BCUT2D eigenvalue weighted by Gasteiger charge is -2.25. The summed E-state index contributed by atoms with van der Waals surface area (Å²) in [5.41, 5.74) is 19.0. The Morgan fingerprint density at radius 1 is 0.828 bits per heavy atom. The molecule has 3 aliphatic carbocycles. The van der Waals surface area contributed by atoms with Crippen molar-refractivity contribution in [3.8, 4) is 0 Å². The number of hydrogen-bond acceptors (Lipinski definition) is 1. The van der Waals surface area contributed by atoms with Crippen molar-refractivity contribution in [1.29, 1.82) is 0 Å². The highest BCUT2D eigenvalue weighted by Gasteiger charge is 2.25. The third-order valence-electron chi connectivity index (χ3n) is 6.97. The van der Waals surface area contributed by atoms with Crippen LogP contribution in [0.15, 0.2) is 60.2 Å². The Labute approximate surface area is 175 Å². The molecule has 0 bridgehead atoms. The van der Waals surface area contributed by atoms with Gasteiger partial charge in [-0.3, -0.25) is 0 Å². The first-order chi connectivity index (χ1) is 14.2. The fourth-order valence-corrected chi connectivity index (χ4v) is 5.42. The Morgan fingerprint density at radius 3 is 2.48 bits per heavy atom. The van der Waals surface area contributed by atoms with Crippen LogP contribution in [0.3, 0.4) is 0 Å². The molecule has 5 rings (SSSR count). The van der Waals surface area contributed by atoms with Crippen molar-refractivity contribution >= 4 is 16.8 Å². The molecule has 0 amide bonds. The molecule has 1 unspecified atom stereocenters. The smallest absolute Gasteiger partial charge is 0.0317 e. The average molecular weight is 382 g/mol. The minimum atomic E-state index is 0.449. The number of allylic oxidation sites excluding steroid dienone is 6. The van der Waals surface area contributed by atoms with Gasteiger partial charge in [-0.2, -0.15) is 0 Å². The van der Waals surface area contributed by atoms with Crippen molar-refractivity contribution in [2.45, 2.75) is 58.3 Å². The van der Waals surface area contributed by atoms with E-state index in [4.69, 9.17) is 5.73 Å². The van der Waals surface area contributed by atoms with E-state index in [1.807, 2.05) is 0 Å². The summed E-state index contributed by atoms with van der Waals surface area (Å²) in [5, 5.41) is 0. The largest absolute Gasteiger partial charge is 0.399 e. The van der Waals surface area contributed by atoms with E-state index >= 15 is 0 Å². The molecule has 2 aromatic rings. The van der Waals surface area contributed by atoms with Crippen LogP contribution in [0.25, 0.3) is 11.1 Å². The molecule has 0 heterocycles. The van der Waals surface area contributed by atoms with Crippen LogP contribution in [0.2, 0.25) is 0 Å². The fourth-order valence-electron chi connectivity index (χ4n) is 5.42. The highest BCUT2D eigenvalue weighted by atomic mass is 14.5. The van der Waals surface area contributed by atoms with Gasteiger partial charge in [-0.25, -0.2) is 0 Å². The fraction of sp³-hybridized carbons (Fsp3) is 0.357. The summed E-state index contributed by atoms with van der Waals surface area (Å²) >= 11 is 0. The number of anilines is 1. The molecule has 0 spiro atoms. The van der Waals surface area contributed by atoms with Crippen molar-refractivity contribution in [2.75, 3.05) is 5.73 Å². The Morgan fingerprint density at radius 2 is 1.66 bits per heavy atom. The summed E-state index contributed by atoms with van der Waals surface area (Å²) in [6, 6.07) is 13.9. The molecular weight excluding hydrogens is 350 g/mol. The van der Waals surface area contributed by atoms with E-state index in [-0.39, 0.29) is 0 Å². The number of nitrogen functional groups attached to an aromatic ring is 1. The second-order valence-electron chi connectivity index (χ2n) is 9.00. The van der Waals surface area contributed by atoms with E-state index in [2.05, 4.69) is 61.5 Å². The number of aryl methyl sites for hydroxylation is 3. The van der Waals surface area contributed by atoms with E-state index < -0.39 is 0 Å². The first-order valence-electron chi connectivity index (χ1n) is 11.3. The van der Waals surface area contributed by atoms with Gasteiger partial charge in [0.25, 0.3) is 0 Å². The molecule has 0 aromatic heterocycles. The first-order valence-corrected chi connectivity index (χ1v) is 11.3. The van der Waals surface area contributed by atoms with E-state index in [1.165, 1.54) is 59.9 Å². The molecule has 0 aliphatic heterocycles. The molecule has 1 heteroatoms. The number of hydrogen-bond donors (Lipinski definition) is 1. The molecule has 2 N–H and O–H groups in total. The van der Waals surface area contributed by atoms with Crippen LogP contribution in [0.4, 0.5) is 5.69 Å². The summed E-state index contributed by atoms with van der Waals surface area (Å²) in [5.74, 6) is 0.449. The normalized spacial score (nSPS) is 21.3. The van der Waals surface area contributed by atoms with Gasteiger partial charge >= 0.3 is 0 Å². The van der Waals surface area contributed by atoms with Gasteiger partial charge in [0.1, 0.15) is 0 Å². The molecule has 0 saturated carbocycles. The van der Waals surface area contributed by atoms with E-state index in [0.717, 1.165) is 24.9 Å². The summed E-state index contributed by atoms with van der Waals surface area (Å²) in [4.78, 5) is 0. The third-order valence-corrected chi connectivity index (χ3v) is 6.97. The molecule has 0 saturated heterocycles. The molecule has 0 fully saturated rings. The average Bonchev–Trinajstić information content (AvgIpc) is 2.93. The molecule has 3 aliphatic rings. The van der Waals surface area contributed by atoms with Crippen LogP contribution in [0, 0.1) is 5.92 Å². The van der Waals surface area contributed by atoms with Crippen LogP contribution in [-0.4, -0.2) is 0 Å². The van der Waals surface area contributed by atoms with Crippen molar-refractivity contribution in [2.24, 2.45) is 5.92 Å². The Balaban J connectivity index is 1.69. The Hall–Kier alpha value is -2.54. The van der Waals surface area contributed by atoms with Gasteiger partial charge in [-0.15, -0.1) is 0 Å². The van der Waals surface area contributed by atoms with Crippen LogP contribution in [0.1, 0.15) is 66.8 Å². The second-order valence-corrected chi connectivity index (χ2v) is 9.00. The van der Waals surface area contributed by atoms with Crippen molar-refractivity contribution < 1.29 is 0 Å². The monoisotopic (exact) mass is 381 g/mol. The van der Waals surface area contributed by atoms with Crippen molar-refractivity contribution in [3.05, 3.63) is 88.0 Å². The van der Waals surface area contributed by atoms with E-state index in [0.29, 0.717) is 5.92 Å². The molecule has 29 heavy (non-hydrogen) atoms. The van der Waals surface area contributed by atoms with Crippen LogP contribution >= 0.6 is 0 Å². The molecule has 148 valence electrons. The summed E-state index contributed by atoms with van der Waals surface area (Å²) < 4.78 is 0. The minimum absolute atomic E-state index is 0.449. The van der Waals surface area contributed by atoms with Crippen molar-refractivity contribution in [3.63, 3.8) is 0 Å². The summed E-state index contributed by atoms with van der Waals surface area (Å²) in [6.07, 6.45) is 16.8. The molecule has 2 aromatic carbocycles. The molecule has 1 nitrogen and oxygen atoms in total. The topological polar surface area (TPSA) is 26.0 Å². The van der Waals surface area contributed by atoms with Gasteiger partial charge in [0.15, 0.2) is 0 Å². The zero-order valence-electron chi connectivity index (χ0n) is 17.5. The van der Waals surface area contributed by atoms with Gasteiger partial charge in [0.2, 0.25) is 0 Å². The first kappa shape index (κ1) is 18.5. The van der Waals surface area contributed by atoms with Crippen LogP contribution in [0.5, 0.6) is 0 Å². The number of benzene rings is 2. The number of rotatable bonds is 2. The molecule has 1 atom stereocenters. The lowest BCUT2D eigenvalue weighted by Crippen LogP contribution is -2.08. The Bertz CT molecular complexity index is 1030. The van der Waals surface area contributed by atoms with Crippen LogP contribution < -0.4 is 5.73 Å². The zero-order valence-corrected chi connectivity index (χ0v) is 17.5. The second kappa shape index (κ2) is 7.71. The summed E-state index contributed by atoms with van der Waals surface area (Å²) in [7, 11) is 0. The van der Waals surface area contributed by atoms with Gasteiger partial charge in [0, 0.05) is 11.6 Å². The molecule has 0 radical (unpaired) electrons. The van der Waals surface area contributed by atoms with Gasteiger partial charge in [-0.05, 0) is 109 Å². The van der Waals surface area contributed by atoms with Gasteiger partial charge in [0.05, 0.1) is 0 Å². The van der Waals surface area contributed by atoms with E-state index in [9.17, 15) is 0 Å². The quantitative estimate of drug-likeness (QED) is 0.562. The van der Waals surface area contributed by atoms with Gasteiger partial charge < -0.3 is 5.73 Å². The predicted molar refractivity (Wildman–Crippen MR) is 125 cm³/mol. The highest BCUT2D eigenvalue weighted by molar-refractivity contribution is 5.94. The minimum Gasteiger partial charge on any atom is -0.399 e. The lowest BCUT2D eigenvalue weighted by atomic mass is 9.79. The number of nitrogens with two attached hydrogens (primary N) is 1. The van der Waals surface area contributed by atoms with Crippen molar-refractivity contribution in [1.82, 2.24) is 0 Å². The maximum absolute atomic E-state index is 6.16. The standard InChI is InChI=1S/C28H31N/c1-19-9-11-21(12-10-19)28-26(8-4-7-23-18-25(29)15-16-27(23)28)24-14-13-20-5-2-3-6-22(20)17-24/h9-11,13-18,21H,2-8,12,29H2,1H3. The molecular formula is C28H31N. The van der Waals surface area contributed by atoms with Crippen LogP contribution in [-0.2, 0) is 19.3 Å². The zero-order chi connectivity index (χ0) is 19.8. The maximum atomic E-state index is 6.16. The predicted octanol–water partition coefficient (Wildman–Crippen LogP) is 6.92.